The molecule has 0 radical (unpaired) electrons. The van der Waals surface area contributed by atoms with E-state index in [1.54, 1.807) is 50.2 Å². The van der Waals surface area contributed by atoms with Crippen LogP contribution in [-0.4, -0.2) is 44.7 Å². The number of imidazole rings is 1. The lowest BCUT2D eigenvalue weighted by molar-refractivity contribution is 0.0517. The lowest BCUT2D eigenvalue weighted by atomic mass is 10.2. The lowest BCUT2D eigenvalue weighted by Crippen LogP contribution is -2.06. The van der Waals surface area contributed by atoms with Gasteiger partial charge in [0.2, 0.25) is 5.95 Å². The third-order valence-electron chi connectivity index (χ3n) is 5.14. The topological polar surface area (TPSA) is 108 Å². The van der Waals surface area contributed by atoms with Crippen molar-refractivity contribution in [3.05, 3.63) is 71.2 Å². The van der Waals surface area contributed by atoms with E-state index in [0.29, 0.717) is 41.5 Å². The van der Waals surface area contributed by atoms with Crippen molar-refractivity contribution >= 4 is 34.7 Å². The van der Waals surface area contributed by atoms with Crippen LogP contribution in [0.5, 0.6) is 0 Å². The number of rotatable bonds is 7. The van der Waals surface area contributed by atoms with E-state index in [9.17, 15) is 9.59 Å². The van der Waals surface area contributed by atoms with E-state index in [-0.39, 0.29) is 11.9 Å². The lowest BCUT2D eigenvalue weighted by Gasteiger charge is -2.10. The molecule has 0 amide bonds. The summed E-state index contributed by atoms with van der Waals surface area (Å²) in [6.07, 6.45) is 0. The second-order valence-electron chi connectivity index (χ2n) is 7.49. The van der Waals surface area contributed by atoms with E-state index in [0.717, 1.165) is 22.9 Å². The highest BCUT2D eigenvalue weighted by molar-refractivity contribution is 5.90. The van der Waals surface area contributed by atoms with Crippen LogP contribution < -0.4 is 5.32 Å². The zero-order valence-corrected chi connectivity index (χ0v) is 19.5. The van der Waals surface area contributed by atoms with Crippen molar-refractivity contribution in [3.63, 3.8) is 0 Å². The average molecular weight is 460 g/mol. The summed E-state index contributed by atoms with van der Waals surface area (Å²) in [5.41, 5.74) is 4.55. The molecule has 4 aromatic rings. The third kappa shape index (κ3) is 4.59. The summed E-state index contributed by atoms with van der Waals surface area (Å²) in [5, 5.41) is 3.18. The normalized spacial score (nSPS) is 10.8. The van der Waals surface area contributed by atoms with Gasteiger partial charge in [-0.15, -0.1) is 0 Å². The van der Waals surface area contributed by atoms with Crippen LogP contribution in [0.3, 0.4) is 0 Å². The minimum atomic E-state index is -0.365. The summed E-state index contributed by atoms with van der Waals surface area (Å²) in [7, 11) is 0. The molecule has 2 aromatic heterocycles. The highest BCUT2D eigenvalue weighted by Crippen LogP contribution is 2.24. The number of hydrogen-bond donors (Lipinski definition) is 1. The largest absolute Gasteiger partial charge is 0.462 e. The van der Waals surface area contributed by atoms with Gasteiger partial charge < -0.3 is 14.8 Å². The summed E-state index contributed by atoms with van der Waals surface area (Å²) in [5.74, 6) is 0.418. The van der Waals surface area contributed by atoms with Gasteiger partial charge in [0.25, 0.3) is 0 Å². The number of carbonyl (C=O) groups excluding carboxylic acids is 2. The Morgan fingerprint density at radius 3 is 1.94 bits per heavy atom. The fourth-order valence-electron chi connectivity index (χ4n) is 3.56. The van der Waals surface area contributed by atoms with Crippen molar-refractivity contribution in [2.24, 2.45) is 0 Å². The highest BCUT2D eigenvalue weighted by atomic mass is 16.5. The zero-order valence-electron chi connectivity index (χ0n) is 19.5. The van der Waals surface area contributed by atoms with E-state index in [1.165, 1.54) is 0 Å². The molecule has 4 rings (SSSR count). The van der Waals surface area contributed by atoms with Gasteiger partial charge >= 0.3 is 11.9 Å². The first-order valence-corrected chi connectivity index (χ1v) is 11.0. The minimum absolute atomic E-state index is 0.323. The Morgan fingerprint density at radius 2 is 1.38 bits per heavy atom. The molecule has 9 heteroatoms. The Kier molecular flexibility index (Phi) is 6.53. The SMILES string of the molecule is CCOC(=O)c1ccc(Nc2nc(C)c3nc(C)n(-c4ccc(C(=O)OCC)cc4)c3n2)cc1. The van der Waals surface area contributed by atoms with Gasteiger partial charge in [-0.2, -0.15) is 4.98 Å². The molecular formula is C25H25N5O4. The molecule has 0 spiro atoms. The highest BCUT2D eigenvalue weighted by Gasteiger charge is 2.16. The van der Waals surface area contributed by atoms with Crippen LogP contribution in [0.15, 0.2) is 48.5 Å². The van der Waals surface area contributed by atoms with Crippen LogP contribution in [-0.2, 0) is 9.47 Å². The molecule has 34 heavy (non-hydrogen) atoms. The number of anilines is 2. The number of benzene rings is 2. The monoisotopic (exact) mass is 459 g/mol. The van der Waals surface area contributed by atoms with E-state index >= 15 is 0 Å². The molecular weight excluding hydrogens is 434 g/mol. The maximum absolute atomic E-state index is 12.0. The number of carbonyl (C=O) groups is 2. The molecule has 0 aliphatic carbocycles. The Balaban J connectivity index is 1.66. The fraction of sp³-hybridized carbons (Fsp3) is 0.240. The third-order valence-corrected chi connectivity index (χ3v) is 5.14. The summed E-state index contributed by atoms with van der Waals surface area (Å²) < 4.78 is 12.0. The molecule has 0 aliphatic rings. The van der Waals surface area contributed by atoms with Crippen molar-refractivity contribution in [3.8, 4) is 5.69 Å². The predicted octanol–water partition coefficient (Wildman–Crippen LogP) is 4.53. The second kappa shape index (κ2) is 9.70. The first-order chi connectivity index (χ1) is 16.4. The number of hydrogen-bond acceptors (Lipinski definition) is 8. The number of fused-ring (bicyclic) bond motifs is 1. The van der Waals surface area contributed by atoms with Crippen LogP contribution in [0.2, 0.25) is 0 Å². The maximum Gasteiger partial charge on any atom is 0.338 e. The van der Waals surface area contributed by atoms with E-state index < -0.39 is 0 Å². The Hall–Kier alpha value is -4.27. The zero-order chi connectivity index (χ0) is 24.2. The van der Waals surface area contributed by atoms with Crippen LogP contribution in [0.1, 0.15) is 46.1 Å². The second-order valence-corrected chi connectivity index (χ2v) is 7.49. The van der Waals surface area contributed by atoms with Crippen LogP contribution >= 0.6 is 0 Å². The molecule has 0 unspecified atom stereocenters. The van der Waals surface area contributed by atoms with Gasteiger partial charge in [0, 0.05) is 11.4 Å². The summed E-state index contributed by atoms with van der Waals surface area (Å²) in [4.78, 5) is 37.7. The van der Waals surface area contributed by atoms with Gasteiger partial charge in [0.15, 0.2) is 5.65 Å². The Morgan fingerprint density at radius 1 is 0.824 bits per heavy atom. The molecule has 0 bridgehead atoms. The van der Waals surface area contributed by atoms with Crippen LogP contribution in [0, 0.1) is 13.8 Å². The summed E-state index contributed by atoms with van der Waals surface area (Å²) in [6.45, 7) is 7.95. The number of nitrogens with one attached hydrogen (secondary N) is 1. The first-order valence-electron chi connectivity index (χ1n) is 11.0. The first kappa shape index (κ1) is 22.9. The van der Waals surface area contributed by atoms with Gasteiger partial charge in [-0.3, -0.25) is 4.57 Å². The predicted molar refractivity (Wildman–Crippen MR) is 128 cm³/mol. The van der Waals surface area contributed by atoms with E-state index in [1.807, 2.05) is 30.5 Å². The minimum Gasteiger partial charge on any atom is -0.462 e. The van der Waals surface area contributed by atoms with E-state index in [2.05, 4.69) is 15.3 Å². The summed E-state index contributed by atoms with van der Waals surface area (Å²) in [6, 6.07) is 14.0. The molecule has 0 saturated heterocycles. The van der Waals surface area contributed by atoms with Crippen molar-refractivity contribution < 1.29 is 19.1 Å². The quantitative estimate of drug-likeness (QED) is 0.402. The Labute approximate surface area is 196 Å². The average Bonchev–Trinajstić information content (AvgIpc) is 3.16. The van der Waals surface area contributed by atoms with Crippen LogP contribution in [0.25, 0.3) is 16.9 Å². The Bertz CT molecular complexity index is 1340. The molecule has 0 saturated carbocycles. The number of aromatic nitrogens is 4. The number of nitrogens with zero attached hydrogens (tertiary/aromatic N) is 4. The smallest absolute Gasteiger partial charge is 0.338 e. The number of aryl methyl sites for hydroxylation is 2. The van der Waals surface area contributed by atoms with E-state index in [4.69, 9.17) is 14.5 Å². The van der Waals surface area contributed by atoms with Gasteiger partial charge in [-0.1, -0.05) is 0 Å². The molecule has 9 nitrogen and oxygen atoms in total. The molecule has 0 fully saturated rings. The van der Waals surface area contributed by atoms with Gasteiger partial charge in [-0.05, 0) is 76.2 Å². The summed E-state index contributed by atoms with van der Waals surface area (Å²) >= 11 is 0. The molecule has 174 valence electrons. The standard InChI is InChI=1S/C25H25N5O4/c1-5-33-23(31)17-7-11-19(12-8-17)28-25-26-15(3)21-22(29-25)30(16(4)27-21)20-13-9-18(10-14-20)24(32)34-6-2/h7-14H,5-6H2,1-4H3,(H,26,28,29). The molecule has 1 N–H and O–H groups in total. The van der Waals surface area contributed by atoms with Crippen molar-refractivity contribution in [1.82, 2.24) is 19.5 Å². The van der Waals surface area contributed by atoms with Crippen molar-refractivity contribution in [2.45, 2.75) is 27.7 Å². The molecule has 0 atom stereocenters. The maximum atomic E-state index is 12.0. The van der Waals surface area contributed by atoms with Gasteiger partial charge in [0.05, 0.1) is 30.0 Å². The van der Waals surface area contributed by atoms with Gasteiger partial charge in [0.1, 0.15) is 11.3 Å². The number of esters is 2. The van der Waals surface area contributed by atoms with Crippen molar-refractivity contribution in [1.29, 1.82) is 0 Å². The number of ether oxygens (including phenoxy) is 2. The van der Waals surface area contributed by atoms with Gasteiger partial charge in [-0.25, -0.2) is 19.6 Å². The molecule has 2 heterocycles. The van der Waals surface area contributed by atoms with Crippen LogP contribution in [0.4, 0.5) is 11.6 Å². The van der Waals surface area contributed by atoms with Crippen molar-refractivity contribution in [2.75, 3.05) is 18.5 Å². The molecule has 2 aromatic carbocycles. The molecule has 0 aliphatic heterocycles. The fourth-order valence-corrected chi connectivity index (χ4v) is 3.56.